The van der Waals surface area contributed by atoms with Crippen LogP contribution < -0.4 is 5.32 Å². The van der Waals surface area contributed by atoms with Gasteiger partial charge in [0.25, 0.3) is 0 Å². The second kappa shape index (κ2) is 5.61. The average Bonchev–Trinajstić information content (AvgIpc) is 2.64. The van der Waals surface area contributed by atoms with Crippen LogP contribution in [0.3, 0.4) is 0 Å². The number of nitrogens with zero attached hydrogens (tertiary/aromatic N) is 2. The summed E-state index contributed by atoms with van der Waals surface area (Å²) in [6, 6.07) is 0. The van der Waals surface area contributed by atoms with Gasteiger partial charge >= 0.3 is 0 Å². The molecule has 0 radical (unpaired) electrons. The molecule has 2 heterocycles. The van der Waals surface area contributed by atoms with Gasteiger partial charge in [0.1, 0.15) is 6.67 Å². The number of allylic oxidation sites excluding steroid dienone is 1. The lowest BCUT2D eigenvalue weighted by Gasteiger charge is -1.94. The Morgan fingerprint density at radius 3 is 2.64 bits per heavy atom. The van der Waals surface area contributed by atoms with Gasteiger partial charge in [0.2, 0.25) is 0 Å². The molecule has 0 spiro atoms. The minimum Gasteiger partial charge on any atom is -0.372 e. The zero-order valence-electron chi connectivity index (χ0n) is 5.97. The molecule has 0 atom stereocenters. The highest BCUT2D eigenvalue weighted by Crippen LogP contribution is 1.85. The zero-order chi connectivity index (χ0) is 7.78. The monoisotopic (exact) mass is 167 g/mol. The van der Waals surface area contributed by atoms with Crippen molar-refractivity contribution in [3.8, 4) is 0 Å². The minimum absolute atomic E-state index is 0.733. The Kier molecular flexibility index (Phi) is 4.05. The molecule has 1 aromatic rings. The van der Waals surface area contributed by atoms with E-state index in [1.54, 1.807) is 29.3 Å². The maximum atomic E-state index is 3.85. The lowest BCUT2D eigenvalue weighted by atomic mass is 10.6. The molecule has 0 amide bonds. The lowest BCUT2D eigenvalue weighted by molar-refractivity contribution is 0.879. The lowest BCUT2D eigenvalue weighted by Crippen LogP contribution is -2.06. The fraction of sp³-hybridized carbons (Fsp3) is 0.143. The van der Waals surface area contributed by atoms with Gasteiger partial charge in [-0.2, -0.15) is 0 Å². The first-order chi connectivity index (χ1) is 5.50. The molecular weight excluding hydrogens is 158 g/mol. The Morgan fingerprint density at radius 2 is 2.45 bits per heavy atom. The first kappa shape index (κ1) is 7.94. The molecule has 11 heavy (non-hydrogen) atoms. The van der Waals surface area contributed by atoms with Crippen molar-refractivity contribution in [3.63, 3.8) is 0 Å². The normalized spacial score (nSPS) is 13.1. The van der Waals surface area contributed by atoms with Crippen LogP contribution in [-0.4, -0.2) is 17.9 Å². The van der Waals surface area contributed by atoms with Gasteiger partial charge in [-0.1, -0.05) is 0 Å². The number of aliphatic imine (C=N–C) groups is 1. The predicted molar refractivity (Wildman–Crippen MR) is 47.7 cm³/mol. The van der Waals surface area contributed by atoms with Gasteiger partial charge in [-0.15, -0.1) is 11.3 Å². The van der Waals surface area contributed by atoms with Gasteiger partial charge in [-0.05, 0) is 12.3 Å². The number of aromatic nitrogens is 1. The summed E-state index contributed by atoms with van der Waals surface area (Å²) in [5, 5.41) is 4.84. The molecule has 1 aliphatic rings. The Labute approximate surface area is 69.5 Å². The molecule has 0 saturated heterocycles. The van der Waals surface area contributed by atoms with Gasteiger partial charge in [0, 0.05) is 17.8 Å². The summed E-state index contributed by atoms with van der Waals surface area (Å²) in [6.07, 6.45) is 7.28. The summed E-state index contributed by atoms with van der Waals surface area (Å²) >= 11 is 1.60. The van der Waals surface area contributed by atoms with E-state index in [4.69, 9.17) is 0 Å². The van der Waals surface area contributed by atoms with Crippen molar-refractivity contribution in [2.24, 2.45) is 4.99 Å². The van der Waals surface area contributed by atoms with Crippen LogP contribution in [0.25, 0.3) is 0 Å². The molecule has 1 N–H and O–H groups in total. The molecular formula is C7H9N3S. The fourth-order valence-electron chi connectivity index (χ4n) is 0.506. The maximum Gasteiger partial charge on any atom is 0.107 e. The topological polar surface area (TPSA) is 37.3 Å². The van der Waals surface area contributed by atoms with Crippen molar-refractivity contribution in [1.82, 2.24) is 10.3 Å². The summed E-state index contributed by atoms with van der Waals surface area (Å²) in [4.78, 5) is 7.59. The zero-order valence-corrected chi connectivity index (χ0v) is 6.79. The Morgan fingerprint density at radius 1 is 1.45 bits per heavy atom. The second-order valence-corrected chi connectivity index (χ2v) is 2.48. The standard InChI is InChI=1S/C4H6N2.C3H3NS/c1-2-5-4-6-3-1;1-2-5-3-4-1/h1-3,5H,4H2;1-3H. The van der Waals surface area contributed by atoms with E-state index in [1.807, 2.05) is 17.7 Å². The van der Waals surface area contributed by atoms with E-state index in [0.29, 0.717) is 0 Å². The van der Waals surface area contributed by atoms with Crippen LogP contribution in [0.5, 0.6) is 0 Å². The van der Waals surface area contributed by atoms with Crippen molar-refractivity contribution in [1.29, 1.82) is 0 Å². The van der Waals surface area contributed by atoms with E-state index in [-0.39, 0.29) is 0 Å². The van der Waals surface area contributed by atoms with Crippen molar-refractivity contribution < 1.29 is 0 Å². The number of hydrogen-bond acceptors (Lipinski definition) is 4. The Balaban J connectivity index is 0.000000112. The molecule has 0 saturated carbocycles. The van der Waals surface area contributed by atoms with Gasteiger partial charge in [0.15, 0.2) is 0 Å². The quantitative estimate of drug-likeness (QED) is 0.632. The van der Waals surface area contributed by atoms with E-state index in [1.165, 1.54) is 0 Å². The predicted octanol–water partition coefficient (Wildman–Crippen LogP) is 1.27. The largest absolute Gasteiger partial charge is 0.372 e. The molecule has 0 aliphatic carbocycles. The summed E-state index contributed by atoms with van der Waals surface area (Å²) in [5.74, 6) is 0. The van der Waals surface area contributed by atoms with Crippen molar-refractivity contribution in [2.45, 2.75) is 0 Å². The number of nitrogens with one attached hydrogen (secondary N) is 1. The van der Waals surface area contributed by atoms with Crippen molar-refractivity contribution in [3.05, 3.63) is 29.4 Å². The molecule has 0 unspecified atom stereocenters. The van der Waals surface area contributed by atoms with Gasteiger partial charge in [0.05, 0.1) is 5.51 Å². The third-order valence-corrected chi connectivity index (χ3v) is 1.46. The van der Waals surface area contributed by atoms with E-state index in [2.05, 4.69) is 15.3 Å². The molecule has 2 rings (SSSR count). The van der Waals surface area contributed by atoms with E-state index >= 15 is 0 Å². The molecule has 1 aliphatic heterocycles. The SMILES string of the molecule is C1=CNCN=C1.c1cscn1. The fourth-order valence-corrected chi connectivity index (χ4v) is 0.857. The molecule has 1 aromatic heterocycles. The van der Waals surface area contributed by atoms with E-state index < -0.39 is 0 Å². The highest BCUT2D eigenvalue weighted by Gasteiger charge is 1.73. The van der Waals surface area contributed by atoms with Crippen LogP contribution in [0.2, 0.25) is 0 Å². The summed E-state index contributed by atoms with van der Waals surface area (Å²) in [7, 11) is 0. The van der Waals surface area contributed by atoms with Crippen LogP contribution in [0.1, 0.15) is 0 Å². The summed E-state index contributed by atoms with van der Waals surface area (Å²) < 4.78 is 0. The van der Waals surface area contributed by atoms with Crippen LogP contribution in [0.15, 0.2) is 34.4 Å². The van der Waals surface area contributed by atoms with Crippen molar-refractivity contribution >= 4 is 17.6 Å². The smallest absolute Gasteiger partial charge is 0.107 e. The molecule has 0 fully saturated rings. The molecule has 58 valence electrons. The first-order valence-electron chi connectivity index (χ1n) is 3.20. The molecule has 3 nitrogen and oxygen atoms in total. The third-order valence-electron chi connectivity index (χ3n) is 0.935. The minimum atomic E-state index is 0.733. The second-order valence-electron chi connectivity index (χ2n) is 1.73. The van der Waals surface area contributed by atoms with Crippen LogP contribution in [-0.2, 0) is 0 Å². The molecule has 0 aromatic carbocycles. The van der Waals surface area contributed by atoms with Crippen LogP contribution in [0, 0.1) is 0 Å². The van der Waals surface area contributed by atoms with Crippen LogP contribution >= 0.6 is 11.3 Å². The Bertz CT molecular complexity index is 186. The first-order valence-corrected chi connectivity index (χ1v) is 4.15. The highest BCUT2D eigenvalue weighted by atomic mass is 32.1. The number of thiazole rings is 1. The van der Waals surface area contributed by atoms with Crippen LogP contribution in [0.4, 0.5) is 0 Å². The molecule has 0 bridgehead atoms. The third kappa shape index (κ3) is 4.27. The highest BCUT2D eigenvalue weighted by molar-refractivity contribution is 7.07. The maximum absolute atomic E-state index is 3.85. The van der Waals surface area contributed by atoms with E-state index in [0.717, 1.165) is 6.67 Å². The Hall–Kier alpha value is -1.16. The van der Waals surface area contributed by atoms with Crippen molar-refractivity contribution in [2.75, 3.05) is 6.67 Å². The van der Waals surface area contributed by atoms with Gasteiger partial charge in [-0.3, -0.25) is 9.98 Å². The molecule has 4 heteroatoms. The number of hydrogen-bond donors (Lipinski definition) is 1. The number of rotatable bonds is 0. The van der Waals surface area contributed by atoms with E-state index in [9.17, 15) is 0 Å². The average molecular weight is 167 g/mol. The van der Waals surface area contributed by atoms with Gasteiger partial charge in [-0.25, -0.2) is 0 Å². The summed E-state index contributed by atoms with van der Waals surface area (Å²) in [5.41, 5.74) is 1.79. The summed E-state index contributed by atoms with van der Waals surface area (Å²) in [6.45, 7) is 0.733. The van der Waals surface area contributed by atoms with Gasteiger partial charge < -0.3 is 5.32 Å².